The molecule has 0 fully saturated rings. The molecule has 0 aliphatic carbocycles. The molecular weight excluding hydrogens is 307 g/mol. The number of rotatable bonds is 2. The Labute approximate surface area is 112 Å². The van der Waals surface area contributed by atoms with Crippen molar-refractivity contribution < 1.29 is 4.39 Å². The fourth-order valence-electron chi connectivity index (χ4n) is 1.53. The molecule has 0 radical (unpaired) electrons. The topological polar surface area (TPSA) is 38.9 Å². The highest BCUT2D eigenvalue weighted by molar-refractivity contribution is 9.10. The number of hydrogen-bond acceptors (Lipinski definition) is 2. The minimum Gasteiger partial charge on any atom is -0.384 e. The van der Waals surface area contributed by atoms with Gasteiger partial charge in [0.15, 0.2) is 0 Å². The lowest BCUT2D eigenvalue weighted by atomic mass is 10.1. The summed E-state index contributed by atoms with van der Waals surface area (Å²) in [6, 6.07) is 6.94. The van der Waals surface area contributed by atoms with Crippen molar-refractivity contribution in [1.29, 1.82) is 0 Å². The number of nitrogens with zero attached hydrogens (tertiary/aromatic N) is 1. The van der Waals surface area contributed by atoms with Crippen LogP contribution < -0.4 is 5.73 Å². The van der Waals surface area contributed by atoms with Gasteiger partial charge in [0.25, 0.3) is 0 Å². The summed E-state index contributed by atoms with van der Waals surface area (Å²) in [4.78, 5) is 3.89. The van der Waals surface area contributed by atoms with Gasteiger partial charge < -0.3 is 5.73 Å². The lowest BCUT2D eigenvalue weighted by molar-refractivity contribution is 0.613. The van der Waals surface area contributed by atoms with E-state index < -0.39 is 5.82 Å². The molecule has 5 heteroatoms. The summed E-state index contributed by atoms with van der Waals surface area (Å²) < 4.78 is 14.4. The number of hydrogen-bond donors (Lipinski definition) is 1. The molecule has 0 aliphatic heterocycles. The third-order valence-electron chi connectivity index (χ3n) is 2.36. The van der Waals surface area contributed by atoms with Crippen LogP contribution in [0, 0.1) is 5.82 Å². The van der Waals surface area contributed by atoms with E-state index in [-0.39, 0.29) is 5.02 Å². The monoisotopic (exact) mass is 314 g/mol. The molecule has 0 aliphatic rings. The molecule has 0 atom stereocenters. The van der Waals surface area contributed by atoms with Crippen LogP contribution in [0.5, 0.6) is 0 Å². The number of pyridine rings is 1. The second-order valence-electron chi connectivity index (χ2n) is 3.60. The van der Waals surface area contributed by atoms with E-state index in [1.54, 1.807) is 30.5 Å². The highest BCUT2D eigenvalue weighted by Gasteiger charge is 2.10. The van der Waals surface area contributed by atoms with Crippen molar-refractivity contribution >= 4 is 33.3 Å². The first kappa shape index (κ1) is 12.3. The van der Waals surface area contributed by atoms with Crippen LogP contribution in [-0.4, -0.2) is 4.98 Å². The van der Waals surface area contributed by atoms with Crippen molar-refractivity contribution in [3.63, 3.8) is 0 Å². The summed E-state index contributed by atoms with van der Waals surface area (Å²) in [7, 11) is 0. The van der Waals surface area contributed by atoms with Crippen LogP contribution in [0.2, 0.25) is 5.02 Å². The summed E-state index contributed by atoms with van der Waals surface area (Å²) in [5, 5.41) is 0.101. The summed E-state index contributed by atoms with van der Waals surface area (Å²) in [6.07, 6.45) is 2.04. The summed E-state index contributed by atoms with van der Waals surface area (Å²) in [5.74, 6) is 0.0162. The molecule has 2 nitrogen and oxygen atoms in total. The maximum absolute atomic E-state index is 13.8. The molecule has 2 N–H and O–H groups in total. The second kappa shape index (κ2) is 5.02. The Bertz CT molecular complexity index is 560. The minimum absolute atomic E-state index is 0.101. The van der Waals surface area contributed by atoms with Gasteiger partial charge >= 0.3 is 0 Å². The molecule has 0 spiro atoms. The Balaban J connectivity index is 2.34. The van der Waals surface area contributed by atoms with Crippen LogP contribution in [0.25, 0.3) is 0 Å². The smallest absolute Gasteiger partial charge is 0.146 e. The zero-order valence-corrected chi connectivity index (χ0v) is 11.1. The maximum Gasteiger partial charge on any atom is 0.146 e. The van der Waals surface area contributed by atoms with E-state index in [0.29, 0.717) is 22.3 Å². The van der Waals surface area contributed by atoms with E-state index in [9.17, 15) is 4.39 Å². The minimum atomic E-state index is -0.406. The van der Waals surface area contributed by atoms with Gasteiger partial charge in [-0.05, 0) is 45.3 Å². The molecule has 17 heavy (non-hydrogen) atoms. The number of benzene rings is 1. The largest absolute Gasteiger partial charge is 0.384 e. The third kappa shape index (κ3) is 2.76. The first-order valence-electron chi connectivity index (χ1n) is 4.90. The van der Waals surface area contributed by atoms with Crippen molar-refractivity contribution in [3.05, 3.63) is 56.9 Å². The molecule has 0 unspecified atom stereocenters. The van der Waals surface area contributed by atoms with Crippen molar-refractivity contribution in [2.24, 2.45) is 0 Å². The van der Waals surface area contributed by atoms with Gasteiger partial charge in [0, 0.05) is 17.1 Å². The highest BCUT2D eigenvalue weighted by atomic mass is 79.9. The SMILES string of the molecule is Nc1cc(Cc2ccc(Br)c(Cl)c2F)ccn1. The molecule has 88 valence electrons. The Morgan fingerprint density at radius 2 is 2.12 bits per heavy atom. The summed E-state index contributed by atoms with van der Waals surface area (Å²) in [6.45, 7) is 0. The van der Waals surface area contributed by atoms with Crippen molar-refractivity contribution in [3.8, 4) is 0 Å². The highest BCUT2D eigenvalue weighted by Crippen LogP contribution is 2.28. The van der Waals surface area contributed by atoms with Crippen LogP contribution in [0.3, 0.4) is 0 Å². The van der Waals surface area contributed by atoms with Gasteiger partial charge in [-0.3, -0.25) is 0 Å². The van der Waals surface area contributed by atoms with E-state index in [1.165, 1.54) is 0 Å². The Morgan fingerprint density at radius 1 is 1.35 bits per heavy atom. The van der Waals surface area contributed by atoms with Crippen LogP contribution in [0.1, 0.15) is 11.1 Å². The molecule has 1 aromatic carbocycles. The number of halogens is 3. The predicted molar refractivity (Wildman–Crippen MR) is 70.6 cm³/mol. The van der Waals surface area contributed by atoms with Gasteiger partial charge in [-0.15, -0.1) is 0 Å². The predicted octanol–water partition coefficient (Wildman–Crippen LogP) is 3.81. The van der Waals surface area contributed by atoms with Crippen LogP contribution in [0.4, 0.5) is 10.2 Å². The standard InChI is InChI=1S/C12H9BrClFN2/c13-9-2-1-8(12(15)11(9)14)5-7-3-4-17-10(16)6-7/h1-4,6H,5H2,(H2,16,17). The van der Waals surface area contributed by atoms with Crippen molar-refractivity contribution in [2.75, 3.05) is 5.73 Å². The molecule has 0 saturated heterocycles. The maximum atomic E-state index is 13.8. The van der Waals surface area contributed by atoms with Crippen molar-refractivity contribution in [2.45, 2.75) is 6.42 Å². The number of anilines is 1. The van der Waals surface area contributed by atoms with Gasteiger partial charge in [-0.2, -0.15) is 0 Å². The van der Waals surface area contributed by atoms with E-state index in [2.05, 4.69) is 20.9 Å². The normalized spacial score (nSPS) is 10.5. The first-order valence-corrected chi connectivity index (χ1v) is 6.08. The summed E-state index contributed by atoms with van der Waals surface area (Å²) >= 11 is 9.00. The Morgan fingerprint density at radius 3 is 2.82 bits per heavy atom. The van der Waals surface area contributed by atoms with Gasteiger partial charge in [-0.25, -0.2) is 9.37 Å². The Hall–Kier alpha value is -1.13. The molecule has 1 aromatic heterocycles. The van der Waals surface area contributed by atoms with E-state index in [1.807, 2.05) is 0 Å². The molecule has 2 aromatic rings. The first-order chi connectivity index (χ1) is 8.08. The van der Waals surface area contributed by atoms with Gasteiger partial charge in [0.2, 0.25) is 0 Å². The number of aromatic nitrogens is 1. The Kier molecular flexibility index (Phi) is 3.64. The van der Waals surface area contributed by atoms with Crippen LogP contribution in [-0.2, 0) is 6.42 Å². The van der Waals surface area contributed by atoms with Gasteiger partial charge in [0.1, 0.15) is 11.6 Å². The van der Waals surface area contributed by atoms with Crippen LogP contribution >= 0.6 is 27.5 Å². The van der Waals surface area contributed by atoms with Gasteiger partial charge in [0.05, 0.1) is 5.02 Å². The van der Waals surface area contributed by atoms with E-state index in [4.69, 9.17) is 17.3 Å². The van der Waals surface area contributed by atoms with Crippen LogP contribution in [0.15, 0.2) is 34.9 Å². The van der Waals surface area contributed by atoms with Crippen molar-refractivity contribution in [1.82, 2.24) is 4.98 Å². The zero-order valence-electron chi connectivity index (χ0n) is 8.75. The average Bonchev–Trinajstić information content (AvgIpc) is 2.30. The lowest BCUT2D eigenvalue weighted by Gasteiger charge is -2.06. The quantitative estimate of drug-likeness (QED) is 0.856. The summed E-state index contributed by atoms with van der Waals surface area (Å²) in [5.41, 5.74) is 7.00. The van der Waals surface area contributed by atoms with E-state index in [0.717, 1.165) is 5.56 Å². The zero-order chi connectivity index (χ0) is 12.4. The number of nitrogens with two attached hydrogens (primary N) is 1. The lowest BCUT2D eigenvalue weighted by Crippen LogP contribution is -1.96. The molecule has 1 heterocycles. The van der Waals surface area contributed by atoms with Gasteiger partial charge in [-0.1, -0.05) is 17.7 Å². The molecule has 0 bridgehead atoms. The second-order valence-corrected chi connectivity index (χ2v) is 4.83. The average molecular weight is 316 g/mol. The molecule has 0 saturated carbocycles. The molecule has 0 amide bonds. The molecule has 2 rings (SSSR count). The fraction of sp³-hybridized carbons (Fsp3) is 0.0833. The molecular formula is C12H9BrClFN2. The fourth-order valence-corrected chi connectivity index (χ4v) is 2.02. The number of nitrogen functional groups attached to an aromatic ring is 1. The van der Waals surface area contributed by atoms with E-state index >= 15 is 0 Å². The third-order valence-corrected chi connectivity index (χ3v) is 3.61.